The van der Waals surface area contributed by atoms with Gasteiger partial charge in [0.1, 0.15) is 0 Å². The third-order valence-electron chi connectivity index (χ3n) is 4.80. The number of imidazole rings is 2. The molecule has 12 heteroatoms. The topological polar surface area (TPSA) is 179 Å². The van der Waals surface area contributed by atoms with Gasteiger partial charge in [0, 0.05) is 13.1 Å². The average molecular weight is 398 g/mol. The lowest BCUT2D eigenvalue weighted by atomic mass is 10.1. The number of aromatic amines is 2. The molecule has 0 amide bonds. The minimum absolute atomic E-state index is 0.0691. The number of H-pyrrole nitrogens is 2. The second-order valence-electron chi connectivity index (χ2n) is 6.89. The van der Waals surface area contributed by atoms with Gasteiger partial charge in [-0.15, -0.1) is 0 Å². The zero-order chi connectivity index (χ0) is 20.4. The molecule has 0 radical (unpaired) electrons. The van der Waals surface area contributed by atoms with Crippen LogP contribution in [0.4, 0.5) is 11.9 Å². The number of hydrogen-bond acceptors (Lipinski definition) is 8. The molecule has 0 saturated carbocycles. The van der Waals surface area contributed by atoms with Crippen molar-refractivity contribution in [2.24, 2.45) is 0 Å². The van der Waals surface area contributed by atoms with Crippen molar-refractivity contribution in [3.05, 3.63) is 33.4 Å². The highest BCUT2D eigenvalue weighted by Crippen LogP contribution is 2.12. The maximum absolute atomic E-state index is 12.0. The summed E-state index contributed by atoms with van der Waals surface area (Å²) in [6, 6.07) is 0. The molecule has 0 bridgehead atoms. The highest BCUT2D eigenvalue weighted by atomic mass is 16.1. The monoisotopic (exact) mass is 398 g/mol. The van der Waals surface area contributed by atoms with Gasteiger partial charge in [0.05, 0.1) is 12.7 Å². The van der Waals surface area contributed by atoms with E-state index in [1.807, 2.05) is 9.13 Å². The van der Waals surface area contributed by atoms with E-state index in [4.69, 9.17) is 11.5 Å². The van der Waals surface area contributed by atoms with Crippen LogP contribution in [0.3, 0.4) is 0 Å². The first kappa shape index (κ1) is 18.7. The molecule has 0 aliphatic carbocycles. The van der Waals surface area contributed by atoms with Crippen molar-refractivity contribution in [2.45, 2.75) is 45.2 Å². The SMILES string of the molecule is Nc1nc2ncn(CCCCCCCn3cnc4nc(N)[nH]c(=O)c43)c2c(=O)[nH]1. The van der Waals surface area contributed by atoms with E-state index in [1.54, 1.807) is 12.7 Å². The Kier molecular flexibility index (Phi) is 4.97. The number of aromatic nitrogens is 8. The van der Waals surface area contributed by atoms with Crippen molar-refractivity contribution >= 4 is 34.2 Å². The minimum atomic E-state index is -0.274. The first-order valence-electron chi connectivity index (χ1n) is 9.44. The van der Waals surface area contributed by atoms with Crippen molar-refractivity contribution in [1.29, 1.82) is 0 Å². The third-order valence-corrected chi connectivity index (χ3v) is 4.80. The van der Waals surface area contributed by atoms with Crippen LogP contribution in [-0.2, 0) is 13.1 Å². The Hall–Kier alpha value is -3.70. The summed E-state index contributed by atoms with van der Waals surface area (Å²) < 4.78 is 3.62. The second-order valence-corrected chi connectivity index (χ2v) is 6.89. The number of aryl methyl sites for hydroxylation is 2. The highest BCUT2D eigenvalue weighted by Gasteiger charge is 2.10. The van der Waals surface area contributed by atoms with Gasteiger partial charge in [-0.1, -0.05) is 19.3 Å². The lowest BCUT2D eigenvalue weighted by Gasteiger charge is -2.05. The van der Waals surface area contributed by atoms with E-state index in [2.05, 4.69) is 29.9 Å². The van der Waals surface area contributed by atoms with Crippen molar-refractivity contribution < 1.29 is 0 Å². The molecular formula is C17H22N10O2. The number of hydrogen-bond donors (Lipinski definition) is 4. The van der Waals surface area contributed by atoms with E-state index in [1.165, 1.54) is 0 Å². The first-order valence-corrected chi connectivity index (χ1v) is 9.44. The van der Waals surface area contributed by atoms with Crippen LogP contribution in [0.25, 0.3) is 22.3 Å². The Morgan fingerprint density at radius 3 is 1.59 bits per heavy atom. The number of nitrogens with two attached hydrogens (primary N) is 2. The summed E-state index contributed by atoms with van der Waals surface area (Å²) in [4.78, 5) is 45.4. The molecule has 152 valence electrons. The van der Waals surface area contributed by atoms with E-state index in [0.717, 1.165) is 32.1 Å². The number of anilines is 2. The lowest BCUT2D eigenvalue weighted by molar-refractivity contribution is 0.541. The molecule has 0 fully saturated rings. The Bertz CT molecular complexity index is 1170. The number of rotatable bonds is 8. The van der Waals surface area contributed by atoms with Crippen LogP contribution in [0.15, 0.2) is 22.2 Å². The van der Waals surface area contributed by atoms with Crippen LogP contribution in [0.2, 0.25) is 0 Å². The highest BCUT2D eigenvalue weighted by molar-refractivity contribution is 5.71. The van der Waals surface area contributed by atoms with Crippen LogP contribution < -0.4 is 22.6 Å². The molecule has 0 saturated heterocycles. The Balaban J connectivity index is 1.24. The summed E-state index contributed by atoms with van der Waals surface area (Å²) in [6.45, 7) is 1.39. The van der Waals surface area contributed by atoms with Crippen LogP contribution in [-0.4, -0.2) is 39.0 Å². The first-order chi connectivity index (χ1) is 14.0. The van der Waals surface area contributed by atoms with Gasteiger partial charge >= 0.3 is 0 Å². The molecule has 4 heterocycles. The standard InChI is InChI=1S/C17H22N10O2/c18-16-22-12-10(14(28)24-16)26(8-20-12)6-4-2-1-3-5-7-27-9-21-13-11(27)15(29)25-17(19)23-13/h8-9H,1-7H2,(H3,18,22,24,28)(H3,19,23,25,29). The maximum atomic E-state index is 12.0. The fraction of sp³-hybridized carbons (Fsp3) is 0.412. The zero-order valence-corrected chi connectivity index (χ0v) is 15.8. The van der Waals surface area contributed by atoms with E-state index < -0.39 is 0 Å². The fourth-order valence-electron chi connectivity index (χ4n) is 3.44. The summed E-state index contributed by atoms with van der Waals surface area (Å²) in [7, 11) is 0. The van der Waals surface area contributed by atoms with Crippen molar-refractivity contribution in [2.75, 3.05) is 11.5 Å². The van der Waals surface area contributed by atoms with E-state index in [0.29, 0.717) is 35.4 Å². The Morgan fingerprint density at radius 1 is 0.724 bits per heavy atom. The number of unbranched alkanes of at least 4 members (excludes halogenated alkanes) is 4. The largest absolute Gasteiger partial charge is 0.369 e. The molecule has 0 atom stereocenters. The van der Waals surface area contributed by atoms with Gasteiger partial charge in [0.2, 0.25) is 11.9 Å². The molecule has 29 heavy (non-hydrogen) atoms. The molecule has 0 aliphatic heterocycles. The molecule has 0 aliphatic rings. The van der Waals surface area contributed by atoms with Gasteiger partial charge < -0.3 is 20.6 Å². The van der Waals surface area contributed by atoms with Crippen molar-refractivity contribution in [3.8, 4) is 0 Å². The van der Waals surface area contributed by atoms with Crippen LogP contribution in [0.1, 0.15) is 32.1 Å². The Labute approximate surface area is 164 Å². The molecule has 4 rings (SSSR count). The minimum Gasteiger partial charge on any atom is -0.369 e. The normalized spacial score (nSPS) is 11.6. The number of nitrogens with zero attached hydrogens (tertiary/aromatic N) is 6. The van der Waals surface area contributed by atoms with Crippen LogP contribution in [0.5, 0.6) is 0 Å². The lowest BCUT2D eigenvalue weighted by Crippen LogP contribution is -2.14. The molecule has 4 aromatic rings. The van der Waals surface area contributed by atoms with Crippen LogP contribution in [0, 0.1) is 0 Å². The fourth-order valence-corrected chi connectivity index (χ4v) is 3.44. The summed E-state index contributed by atoms with van der Waals surface area (Å²) in [5, 5.41) is 0. The molecule has 12 nitrogen and oxygen atoms in total. The van der Waals surface area contributed by atoms with Crippen molar-refractivity contribution in [1.82, 2.24) is 39.0 Å². The molecular weight excluding hydrogens is 376 g/mol. The summed E-state index contributed by atoms with van der Waals surface area (Å²) in [6.07, 6.45) is 8.16. The second kappa shape index (κ2) is 7.73. The zero-order valence-electron chi connectivity index (χ0n) is 15.8. The molecule has 0 aromatic carbocycles. The van der Waals surface area contributed by atoms with E-state index in [9.17, 15) is 9.59 Å². The third kappa shape index (κ3) is 3.81. The summed E-state index contributed by atoms with van der Waals surface area (Å²) in [5.74, 6) is 0.138. The number of nitrogen functional groups attached to an aromatic ring is 2. The van der Waals surface area contributed by atoms with Gasteiger partial charge in [-0.05, 0) is 12.8 Å². The van der Waals surface area contributed by atoms with Gasteiger partial charge in [-0.25, -0.2) is 9.97 Å². The quantitative estimate of drug-likeness (QED) is 0.307. The number of fused-ring (bicyclic) bond motifs is 2. The molecule has 0 spiro atoms. The Morgan fingerprint density at radius 2 is 1.14 bits per heavy atom. The summed E-state index contributed by atoms with van der Waals surface area (Å²) >= 11 is 0. The summed E-state index contributed by atoms with van der Waals surface area (Å²) in [5.41, 5.74) is 12.1. The smallest absolute Gasteiger partial charge is 0.278 e. The predicted octanol–water partition coefficient (Wildman–Crippen LogP) is 0.368. The maximum Gasteiger partial charge on any atom is 0.278 e. The van der Waals surface area contributed by atoms with Crippen molar-refractivity contribution in [3.63, 3.8) is 0 Å². The average Bonchev–Trinajstić information content (AvgIpc) is 3.25. The molecule has 6 N–H and O–H groups in total. The van der Waals surface area contributed by atoms with E-state index >= 15 is 0 Å². The molecule has 0 unspecified atom stereocenters. The predicted molar refractivity (Wildman–Crippen MR) is 108 cm³/mol. The number of nitrogens with one attached hydrogen (secondary N) is 2. The van der Waals surface area contributed by atoms with Gasteiger partial charge in [0.25, 0.3) is 11.1 Å². The van der Waals surface area contributed by atoms with E-state index in [-0.39, 0.29) is 23.0 Å². The van der Waals surface area contributed by atoms with Crippen LogP contribution >= 0.6 is 0 Å². The van der Waals surface area contributed by atoms with Gasteiger partial charge in [-0.2, -0.15) is 9.97 Å². The van der Waals surface area contributed by atoms with Gasteiger partial charge in [0.15, 0.2) is 22.3 Å². The molecule has 4 aromatic heterocycles. The van der Waals surface area contributed by atoms with Gasteiger partial charge in [-0.3, -0.25) is 19.6 Å².